The van der Waals surface area contributed by atoms with Gasteiger partial charge in [0.2, 0.25) is 0 Å². The summed E-state index contributed by atoms with van der Waals surface area (Å²) in [6, 6.07) is 0.861. The highest BCUT2D eigenvalue weighted by atomic mass is 32.1. The summed E-state index contributed by atoms with van der Waals surface area (Å²) < 4.78 is 4.81. The third-order valence-electron chi connectivity index (χ3n) is 4.98. The summed E-state index contributed by atoms with van der Waals surface area (Å²) in [5.41, 5.74) is -0.0871. The lowest BCUT2D eigenvalue weighted by atomic mass is 10.0. The molecule has 3 amide bonds. The van der Waals surface area contributed by atoms with E-state index in [9.17, 15) is 29.5 Å². The van der Waals surface area contributed by atoms with E-state index in [-0.39, 0.29) is 47.5 Å². The van der Waals surface area contributed by atoms with Gasteiger partial charge in [0, 0.05) is 11.9 Å². The molecule has 1 unspecified atom stereocenters. The number of hydrogen-bond acceptors (Lipinski definition) is 11. The van der Waals surface area contributed by atoms with Crippen LogP contribution < -0.4 is 10.6 Å². The fourth-order valence-corrected chi connectivity index (χ4v) is 4.21. The molecule has 15 heteroatoms. The predicted octanol–water partition coefficient (Wildman–Crippen LogP) is 0.450. The predicted molar refractivity (Wildman–Crippen MR) is 125 cm³/mol. The van der Waals surface area contributed by atoms with E-state index in [2.05, 4.69) is 33.9 Å². The van der Waals surface area contributed by atoms with E-state index in [1.54, 1.807) is 0 Å². The number of carbonyl (C=O) groups excluding carboxylic acids is 3. The number of hydrogen-bond donors (Lipinski definition) is 3. The van der Waals surface area contributed by atoms with Crippen LogP contribution in [0, 0.1) is 17.2 Å². The van der Waals surface area contributed by atoms with Gasteiger partial charge in [-0.1, -0.05) is 23.9 Å². The van der Waals surface area contributed by atoms with Crippen LogP contribution in [0.1, 0.15) is 5.69 Å². The smallest absolute Gasteiger partial charge is 0.413 e. The van der Waals surface area contributed by atoms with Crippen molar-refractivity contribution in [3.63, 3.8) is 0 Å². The molecule has 36 heavy (non-hydrogen) atoms. The van der Waals surface area contributed by atoms with Crippen LogP contribution in [0.4, 0.5) is 9.93 Å². The minimum atomic E-state index is -1.28. The monoisotopic (exact) mass is 515 g/mol. The van der Waals surface area contributed by atoms with E-state index < -0.39 is 35.8 Å². The van der Waals surface area contributed by atoms with Crippen LogP contribution in [0.25, 0.3) is 0 Å². The Bertz CT molecular complexity index is 1220. The number of thiazole rings is 1. The van der Waals surface area contributed by atoms with Gasteiger partial charge in [-0.05, 0) is 0 Å². The van der Waals surface area contributed by atoms with Gasteiger partial charge >= 0.3 is 12.1 Å². The highest BCUT2D eigenvalue weighted by Crippen LogP contribution is 2.34. The number of anilines is 1. The Morgan fingerprint density at radius 1 is 1.47 bits per heavy atom. The van der Waals surface area contributed by atoms with Crippen LogP contribution in [0.5, 0.6) is 0 Å². The zero-order chi connectivity index (χ0) is 26.4. The molecule has 1 fully saturated rings. The summed E-state index contributed by atoms with van der Waals surface area (Å²) >= 11 is 1.00. The summed E-state index contributed by atoms with van der Waals surface area (Å²) in [4.78, 5) is 58.3. The third-order valence-corrected chi connectivity index (χ3v) is 5.74. The minimum absolute atomic E-state index is 0.000911. The zero-order valence-electron chi connectivity index (χ0n) is 19.0. The van der Waals surface area contributed by atoms with Gasteiger partial charge in [0.15, 0.2) is 10.8 Å². The molecule has 2 atom stereocenters. The molecule has 0 aromatic carbocycles. The molecular weight excluding hydrogens is 494 g/mol. The highest BCUT2D eigenvalue weighted by Gasteiger charge is 2.48. The van der Waals surface area contributed by atoms with Crippen LogP contribution in [-0.4, -0.2) is 82.5 Å². The number of fused-ring (bicyclic) bond motifs is 1. The molecule has 3 heterocycles. The second-order valence-corrected chi connectivity index (χ2v) is 8.08. The maximum absolute atomic E-state index is 13.1. The largest absolute Gasteiger partial charge is 0.481 e. The molecule has 0 aliphatic carbocycles. The lowest BCUT2D eigenvalue weighted by Crippen LogP contribution is -2.46. The molecule has 0 spiro atoms. The molecule has 0 radical (unpaired) electrons. The van der Waals surface area contributed by atoms with Crippen molar-refractivity contribution in [1.82, 2.24) is 20.3 Å². The van der Waals surface area contributed by atoms with Crippen molar-refractivity contribution in [1.29, 1.82) is 5.26 Å². The van der Waals surface area contributed by atoms with Crippen molar-refractivity contribution < 1.29 is 33.9 Å². The number of carboxylic acids is 1. The third kappa shape index (κ3) is 5.24. The molecule has 2 aliphatic rings. The Morgan fingerprint density at radius 3 is 2.83 bits per heavy atom. The molecule has 1 aromatic rings. The number of ether oxygens (including phenoxy) is 1. The van der Waals surface area contributed by atoms with Gasteiger partial charge in [-0.25, -0.2) is 19.8 Å². The lowest BCUT2D eigenvalue weighted by molar-refractivity contribution is -0.141. The number of carboxylic acid groups (broad SMARTS) is 1. The van der Waals surface area contributed by atoms with E-state index in [1.165, 1.54) is 23.6 Å². The maximum atomic E-state index is 13.1. The normalized spacial score (nSPS) is 18.2. The van der Waals surface area contributed by atoms with Gasteiger partial charge in [-0.3, -0.25) is 19.7 Å². The van der Waals surface area contributed by atoms with Gasteiger partial charge < -0.3 is 20.0 Å². The van der Waals surface area contributed by atoms with Crippen LogP contribution in [-0.2, 0) is 24.0 Å². The van der Waals surface area contributed by atoms with Crippen molar-refractivity contribution >= 4 is 46.1 Å². The molecule has 1 aromatic heterocycles. The van der Waals surface area contributed by atoms with Gasteiger partial charge in [0.1, 0.15) is 31.4 Å². The molecule has 3 N–H and O–H groups in total. The number of nitrogens with one attached hydrogen (secondary N) is 2. The Hall–Kier alpha value is -4.55. The molecule has 3 rings (SSSR count). The second-order valence-electron chi connectivity index (χ2n) is 7.22. The van der Waals surface area contributed by atoms with Gasteiger partial charge in [0.05, 0.1) is 23.9 Å². The van der Waals surface area contributed by atoms with E-state index >= 15 is 0 Å². The molecule has 0 bridgehead atoms. The number of aromatic nitrogens is 1. The van der Waals surface area contributed by atoms with Crippen LogP contribution in [0.15, 0.2) is 47.1 Å². The number of carbonyl (C=O) groups is 4. The lowest BCUT2D eigenvalue weighted by Gasteiger charge is -2.24. The number of rotatable bonds is 10. The average Bonchev–Trinajstić information content (AvgIpc) is 3.52. The number of nitrogens with zero attached hydrogens (tertiary/aromatic N) is 5. The first kappa shape index (κ1) is 26.1. The summed E-state index contributed by atoms with van der Waals surface area (Å²) in [6.07, 6.45) is 1.75. The number of amides is 3. The topological polar surface area (TPSA) is 187 Å². The molecule has 188 valence electrons. The summed E-state index contributed by atoms with van der Waals surface area (Å²) in [5, 5.41) is 31.7. The van der Waals surface area contributed by atoms with Gasteiger partial charge in [-0.15, -0.1) is 17.9 Å². The molecule has 14 nitrogen and oxygen atoms in total. The van der Waals surface area contributed by atoms with Crippen LogP contribution >= 0.6 is 11.3 Å². The van der Waals surface area contributed by atoms with Gasteiger partial charge in [-0.2, -0.15) is 5.26 Å². The first-order valence-electron chi connectivity index (χ1n) is 10.3. The molecule has 2 aliphatic heterocycles. The fourth-order valence-electron chi connectivity index (χ4n) is 3.52. The maximum Gasteiger partial charge on any atom is 0.413 e. The zero-order valence-corrected chi connectivity index (χ0v) is 19.8. The minimum Gasteiger partial charge on any atom is -0.481 e. The van der Waals surface area contributed by atoms with Crippen molar-refractivity contribution in [2.75, 3.05) is 32.1 Å². The first-order chi connectivity index (χ1) is 17.2. The Morgan fingerprint density at radius 2 is 2.22 bits per heavy atom. The first-order valence-corrected chi connectivity index (χ1v) is 11.1. The van der Waals surface area contributed by atoms with E-state index in [1.807, 2.05) is 6.07 Å². The number of nitriles is 1. The molecular formula is C21H21N7O7S. The fraction of sp³-hybridized carbons (Fsp3) is 0.286. The van der Waals surface area contributed by atoms with Crippen molar-refractivity contribution in [2.45, 2.75) is 6.04 Å². The average molecular weight is 516 g/mol. The molecule has 1 saturated heterocycles. The number of aliphatic carboxylic acids is 1. The van der Waals surface area contributed by atoms with Gasteiger partial charge in [0.25, 0.3) is 11.8 Å². The number of oxime groups is 1. The SMILES string of the molecule is C=CCOC(=O)Nc1nc(/C(=N/OC)C(=O)N[C@H]2CN3CC(C#N)=C(C(C=C)C(=O)O)N3C2=O)cs1. The quantitative estimate of drug-likeness (QED) is 0.224. The second kappa shape index (κ2) is 11.3. The summed E-state index contributed by atoms with van der Waals surface area (Å²) in [7, 11) is 1.22. The Kier molecular flexibility index (Phi) is 8.14. The van der Waals surface area contributed by atoms with E-state index in [0.29, 0.717) is 0 Å². The summed E-state index contributed by atoms with van der Waals surface area (Å²) in [5.74, 6) is -3.98. The van der Waals surface area contributed by atoms with Crippen molar-refractivity contribution in [2.24, 2.45) is 11.1 Å². The van der Waals surface area contributed by atoms with E-state index in [0.717, 1.165) is 22.4 Å². The van der Waals surface area contributed by atoms with Crippen LogP contribution in [0.3, 0.4) is 0 Å². The van der Waals surface area contributed by atoms with Crippen molar-refractivity contribution in [3.05, 3.63) is 47.7 Å². The van der Waals surface area contributed by atoms with Crippen molar-refractivity contribution in [3.8, 4) is 6.07 Å². The Balaban J connectivity index is 1.76. The Labute approximate surface area is 208 Å². The number of hydrazine groups is 1. The summed E-state index contributed by atoms with van der Waals surface area (Å²) in [6.45, 7) is 6.92. The van der Waals surface area contributed by atoms with Crippen LogP contribution in [0.2, 0.25) is 0 Å². The van der Waals surface area contributed by atoms with E-state index in [4.69, 9.17) is 9.57 Å². The highest BCUT2D eigenvalue weighted by molar-refractivity contribution is 7.14. The molecule has 0 saturated carbocycles. The standard InChI is InChI=1S/C21H21N7O7S/c1-4-6-35-21(33)25-20-24-14(10-36-20)15(26-34-3)17(29)23-13-9-27-8-11(7-22)16(28(27)18(13)30)12(5-2)19(31)32/h4-5,10,12-13H,1-2,6,8-9H2,3H3,(H,23,29)(H,31,32)(H,24,25,33)/b26-15-/t12?,13-/m0/s1.